The van der Waals surface area contributed by atoms with Crippen LogP contribution in [-0.4, -0.2) is 23.3 Å². The van der Waals surface area contributed by atoms with E-state index in [4.69, 9.17) is 10.5 Å². The van der Waals surface area contributed by atoms with Gasteiger partial charge in [0.15, 0.2) is 5.01 Å². The summed E-state index contributed by atoms with van der Waals surface area (Å²) < 4.78 is 5.57. The molecular weight excluding hydrogens is 234 g/mol. The fourth-order valence-electron chi connectivity index (χ4n) is 1.51. The summed E-state index contributed by atoms with van der Waals surface area (Å²) in [6.45, 7) is 3.21. The van der Waals surface area contributed by atoms with Gasteiger partial charge in [-0.15, -0.1) is 10.2 Å². The molecule has 0 amide bonds. The molecule has 2 N–H and O–H groups in total. The number of rotatable bonds is 5. The zero-order valence-electron chi connectivity index (χ0n) is 9.72. The molecule has 0 bridgehead atoms. The Hall–Kier alpha value is -1.46. The predicted octanol–water partition coefficient (Wildman–Crippen LogP) is 2.10. The Kier molecular flexibility index (Phi) is 4.06. The third-order valence-electron chi connectivity index (χ3n) is 2.24. The lowest BCUT2D eigenvalue weighted by molar-refractivity contribution is 0.341. The van der Waals surface area contributed by atoms with E-state index in [0.29, 0.717) is 13.2 Å². The van der Waals surface area contributed by atoms with Gasteiger partial charge >= 0.3 is 0 Å². The molecule has 1 aromatic carbocycles. The smallest absolute Gasteiger partial charge is 0.151 e. The largest absolute Gasteiger partial charge is 0.493 e. The van der Waals surface area contributed by atoms with Crippen molar-refractivity contribution >= 4 is 11.3 Å². The number of benzene rings is 1. The zero-order valence-corrected chi connectivity index (χ0v) is 10.5. The molecule has 4 nitrogen and oxygen atoms in total. The van der Waals surface area contributed by atoms with Crippen LogP contribution in [0.25, 0.3) is 10.6 Å². The Bertz CT molecular complexity index is 484. The summed E-state index contributed by atoms with van der Waals surface area (Å²) >= 11 is 1.57. The normalized spacial score (nSPS) is 10.5. The van der Waals surface area contributed by atoms with Crippen LogP contribution in [0.4, 0.5) is 0 Å². The molecule has 0 fully saturated rings. The van der Waals surface area contributed by atoms with Gasteiger partial charge in [0.1, 0.15) is 10.8 Å². The van der Waals surface area contributed by atoms with Crippen LogP contribution in [0.5, 0.6) is 5.75 Å². The van der Waals surface area contributed by atoms with Crippen molar-refractivity contribution in [2.45, 2.75) is 13.3 Å². The molecule has 0 saturated carbocycles. The summed E-state index contributed by atoms with van der Waals surface area (Å²) in [5.74, 6) is 0.852. The molecule has 0 unspecified atom stereocenters. The van der Waals surface area contributed by atoms with Crippen molar-refractivity contribution in [1.29, 1.82) is 0 Å². The third-order valence-corrected chi connectivity index (χ3v) is 3.26. The number of hydrogen-bond acceptors (Lipinski definition) is 5. The summed E-state index contributed by atoms with van der Waals surface area (Å²) in [6.07, 6.45) is 0.772. The summed E-state index contributed by atoms with van der Waals surface area (Å²) in [4.78, 5) is 0. The van der Waals surface area contributed by atoms with Crippen molar-refractivity contribution in [2.75, 3.05) is 13.2 Å². The van der Waals surface area contributed by atoms with E-state index < -0.39 is 0 Å². The van der Waals surface area contributed by atoms with Crippen LogP contribution in [0.15, 0.2) is 24.3 Å². The third kappa shape index (κ3) is 2.81. The van der Waals surface area contributed by atoms with Gasteiger partial charge in [-0.25, -0.2) is 0 Å². The number of hydrogen-bond donors (Lipinski definition) is 1. The Morgan fingerprint density at radius 1 is 1.29 bits per heavy atom. The van der Waals surface area contributed by atoms with Crippen LogP contribution >= 0.6 is 11.3 Å². The molecule has 90 valence electrons. The molecule has 0 aliphatic carbocycles. The van der Waals surface area contributed by atoms with E-state index in [0.717, 1.165) is 27.7 Å². The highest BCUT2D eigenvalue weighted by atomic mass is 32.1. The number of nitrogens with two attached hydrogens (primary N) is 1. The van der Waals surface area contributed by atoms with Crippen LogP contribution in [-0.2, 0) is 6.42 Å². The molecule has 1 heterocycles. The zero-order chi connectivity index (χ0) is 12.1. The number of aromatic nitrogens is 2. The summed E-state index contributed by atoms with van der Waals surface area (Å²) in [5.41, 5.74) is 6.50. The van der Waals surface area contributed by atoms with E-state index in [1.54, 1.807) is 11.3 Å². The molecule has 2 aromatic rings. The van der Waals surface area contributed by atoms with E-state index in [9.17, 15) is 0 Å². The summed E-state index contributed by atoms with van der Waals surface area (Å²) in [6, 6.07) is 7.87. The van der Waals surface area contributed by atoms with Crippen LogP contribution in [0.1, 0.15) is 11.9 Å². The van der Waals surface area contributed by atoms with Gasteiger partial charge in [-0.2, -0.15) is 0 Å². The van der Waals surface area contributed by atoms with Gasteiger partial charge < -0.3 is 10.5 Å². The molecule has 0 spiro atoms. The summed E-state index contributed by atoms with van der Waals surface area (Å²) in [7, 11) is 0. The van der Waals surface area contributed by atoms with Crippen LogP contribution in [0.2, 0.25) is 0 Å². The quantitative estimate of drug-likeness (QED) is 0.881. The molecule has 0 aliphatic heterocycles. The number of para-hydroxylation sites is 1. The minimum atomic E-state index is 0.599. The lowest BCUT2D eigenvalue weighted by atomic mass is 10.2. The van der Waals surface area contributed by atoms with E-state index in [1.807, 2.05) is 31.2 Å². The molecule has 0 aliphatic rings. The fraction of sp³-hybridized carbons (Fsp3) is 0.333. The average Bonchev–Trinajstić information content (AvgIpc) is 2.79. The molecule has 17 heavy (non-hydrogen) atoms. The van der Waals surface area contributed by atoms with Crippen LogP contribution < -0.4 is 10.5 Å². The molecule has 0 saturated heterocycles. The highest BCUT2D eigenvalue weighted by Crippen LogP contribution is 2.31. The van der Waals surface area contributed by atoms with Gasteiger partial charge in [0, 0.05) is 6.42 Å². The van der Waals surface area contributed by atoms with Crippen LogP contribution in [0, 0.1) is 0 Å². The molecule has 5 heteroatoms. The Morgan fingerprint density at radius 3 is 2.88 bits per heavy atom. The van der Waals surface area contributed by atoms with Crippen molar-refractivity contribution in [3.63, 3.8) is 0 Å². The Morgan fingerprint density at radius 2 is 2.12 bits per heavy atom. The minimum Gasteiger partial charge on any atom is -0.493 e. The lowest BCUT2D eigenvalue weighted by Gasteiger charge is -2.06. The van der Waals surface area contributed by atoms with Crippen molar-refractivity contribution in [3.8, 4) is 16.3 Å². The summed E-state index contributed by atoms with van der Waals surface area (Å²) in [5, 5.41) is 10.2. The SMILES string of the molecule is CCOc1ccccc1-c1nnc(CCN)s1. The van der Waals surface area contributed by atoms with Crippen molar-refractivity contribution < 1.29 is 4.74 Å². The molecule has 2 rings (SSSR count). The van der Waals surface area contributed by atoms with E-state index in [1.165, 1.54) is 0 Å². The van der Waals surface area contributed by atoms with Gasteiger partial charge in [0.05, 0.1) is 12.2 Å². The van der Waals surface area contributed by atoms with Crippen molar-refractivity contribution in [3.05, 3.63) is 29.3 Å². The number of nitrogens with zero attached hydrogens (tertiary/aromatic N) is 2. The molecule has 1 aromatic heterocycles. The second kappa shape index (κ2) is 5.75. The topological polar surface area (TPSA) is 61.0 Å². The Balaban J connectivity index is 2.31. The van der Waals surface area contributed by atoms with Gasteiger partial charge in [0.2, 0.25) is 0 Å². The lowest BCUT2D eigenvalue weighted by Crippen LogP contribution is -2.01. The first-order valence-corrected chi connectivity index (χ1v) is 6.41. The first kappa shape index (κ1) is 12.0. The van der Waals surface area contributed by atoms with E-state index in [2.05, 4.69) is 10.2 Å². The van der Waals surface area contributed by atoms with E-state index >= 15 is 0 Å². The van der Waals surface area contributed by atoms with Crippen LogP contribution in [0.3, 0.4) is 0 Å². The number of ether oxygens (including phenoxy) is 1. The standard InChI is InChI=1S/C12H15N3OS/c1-2-16-10-6-4-3-5-9(10)12-15-14-11(17-12)7-8-13/h3-6H,2,7-8,13H2,1H3. The first-order valence-electron chi connectivity index (χ1n) is 5.59. The highest BCUT2D eigenvalue weighted by Gasteiger charge is 2.10. The molecule has 0 radical (unpaired) electrons. The van der Waals surface area contributed by atoms with Gasteiger partial charge in [0.25, 0.3) is 0 Å². The minimum absolute atomic E-state index is 0.599. The molecule has 0 atom stereocenters. The maximum atomic E-state index is 5.57. The Labute approximate surface area is 104 Å². The van der Waals surface area contributed by atoms with Gasteiger partial charge in [-0.3, -0.25) is 0 Å². The highest BCUT2D eigenvalue weighted by molar-refractivity contribution is 7.14. The monoisotopic (exact) mass is 249 g/mol. The average molecular weight is 249 g/mol. The van der Waals surface area contributed by atoms with Crippen molar-refractivity contribution in [2.24, 2.45) is 5.73 Å². The van der Waals surface area contributed by atoms with E-state index in [-0.39, 0.29) is 0 Å². The molecular formula is C12H15N3OS. The predicted molar refractivity (Wildman–Crippen MR) is 69.3 cm³/mol. The van der Waals surface area contributed by atoms with Crippen molar-refractivity contribution in [1.82, 2.24) is 10.2 Å². The van der Waals surface area contributed by atoms with Gasteiger partial charge in [-0.1, -0.05) is 23.5 Å². The second-order valence-corrected chi connectivity index (χ2v) is 4.53. The maximum absolute atomic E-state index is 5.57. The fourth-order valence-corrected chi connectivity index (χ4v) is 2.40. The van der Waals surface area contributed by atoms with Gasteiger partial charge in [-0.05, 0) is 25.6 Å². The first-order chi connectivity index (χ1) is 8.35. The second-order valence-electron chi connectivity index (χ2n) is 3.47. The maximum Gasteiger partial charge on any atom is 0.151 e.